The number of aliphatic hydroxyl groups excluding tert-OH is 1. The van der Waals surface area contributed by atoms with Crippen LogP contribution in [0.1, 0.15) is 37.5 Å². The lowest BCUT2D eigenvalue weighted by Crippen LogP contribution is -2.27. The van der Waals surface area contributed by atoms with E-state index < -0.39 is 6.10 Å². The van der Waals surface area contributed by atoms with Crippen molar-refractivity contribution < 1.29 is 9.84 Å². The van der Waals surface area contributed by atoms with E-state index in [1.54, 1.807) is 0 Å². The fourth-order valence-corrected chi connectivity index (χ4v) is 2.64. The van der Waals surface area contributed by atoms with E-state index in [4.69, 9.17) is 10.5 Å². The summed E-state index contributed by atoms with van der Waals surface area (Å²) in [4.78, 5) is 0. The number of benzene rings is 1. The Morgan fingerprint density at radius 1 is 1.39 bits per heavy atom. The van der Waals surface area contributed by atoms with Gasteiger partial charge in [0, 0.05) is 11.5 Å². The summed E-state index contributed by atoms with van der Waals surface area (Å²) < 4.78 is 5.75. The molecule has 1 aliphatic heterocycles. The zero-order valence-electron chi connectivity index (χ0n) is 11.2. The van der Waals surface area contributed by atoms with Crippen LogP contribution < -0.4 is 10.5 Å². The second-order valence-corrected chi connectivity index (χ2v) is 5.38. The van der Waals surface area contributed by atoms with Crippen molar-refractivity contribution >= 4 is 0 Å². The van der Waals surface area contributed by atoms with Crippen molar-refractivity contribution in [3.8, 4) is 5.75 Å². The van der Waals surface area contributed by atoms with Gasteiger partial charge in [0.15, 0.2) is 0 Å². The van der Waals surface area contributed by atoms with Crippen molar-refractivity contribution in [3.05, 3.63) is 29.3 Å². The molecule has 0 fully saturated rings. The van der Waals surface area contributed by atoms with Gasteiger partial charge in [-0.3, -0.25) is 0 Å². The van der Waals surface area contributed by atoms with E-state index in [1.807, 2.05) is 12.1 Å². The van der Waals surface area contributed by atoms with Crippen LogP contribution in [0.25, 0.3) is 0 Å². The van der Waals surface area contributed by atoms with Gasteiger partial charge in [-0.15, -0.1) is 0 Å². The maximum absolute atomic E-state index is 10.5. The highest BCUT2D eigenvalue weighted by Crippen LogP contribution is 2.37. The van der Waals surface area contributed by atoms with E-state index in [-0.39, 0.29) is 5.92 Å². The van der Waals surface area contributed by atoms with Gasteiger partial charge in [0.25, 0.3) is 0 Å². The lowest BCUT2D eigenvalue weighted by atomic mass is 9.85. The highest BCUT2D eigenvalue weighted by molar-refractivity contribution is 5.44. The van der Waals surface area contributed by atoms with Crippen molar-refractivity contribution in [2.75, 3.05) is 13.2 Å². The SMILES string of the molecule is CC(C)C(CN)C(O)c1cccc2c1OCCC2. The van der Waals surface area contributed by atoms with Crippen LogP contribution in [0.5, 0.6) is 5.75 Å². The van der Waals surface area contributed by atoms with E-state index in [0.717, 1.165) is 30.8 Å². The standard InChI is InChI=1S/C15H23NO2/c1-10(2)13(9-16)14(17)12-7-3-5-11-6-4-8-18-15(11)12/h3,5,7,10,13-14,17H,4,6,8-9,16H2,1-2H3. The summed E-state index contributed by atoms with van der Waals surface area (Å²) in [6.07, 6.45) is 1.55. The Morgan fingerprint density at radius 3 is 2.83 bits per heavy atom. The van der Waals surface area contributed by atoms with Gasteiger partial charge in [-0.2, -0.15) is 0 Å². The third-order valence-corrected chi connectivity index (χ3v) is 3.82. The number of ether oxygens (including phenoxy) is 1. The quantitative estimate of drug-likeness (QED) is 0.860. The van der Waals surface area contributed by atoms with Crippen LogP contribution in [0.15, 0.2) is 18.2 Å². The zero-order valence-corrected chi connectivity index (χ0v) is 11.2. The molecule has 3 heteroatoms. The molecule has 1 aromatic rings. The van der Waals surface area contributed by atoms with Crippen molar-refractivity contribution in [2.45, 2.75) is 32.8 Å². The summed E-state index contributed by atoms with van der Waals surface area (Å²) in [5.41, 5.74) is 7.89. The molecule has 18 heavy (non-hydrogen) atoms. The molecule has 0 amide bonds. The zero-order chi connectivity index (χ0) is 13.1. The van der Waals surface area contributed by atoms with Gasteiger partial charge in [-0.25, -0.2) is 0 Å². The number of rotatable bonds is 4. The minimum Gasteiger partial charge on any atom is -0.493 e. The summed E-state index contributed by atoms with van der Waals surface area (Å²) >= 11 is 0. The summed E-state index contributed by atoms with van der Waals surface area (Å²) in [7, 11) is 0. The molecule has 2 unspecified atom stereocenters. The van der Waals surface area contributed by atoms with Crippen LogP contribution in [0, 0.1) is 11.8 Å². The lowest BCUT2D eigenvalue weighted by Gasteiger charge is -2.28. The number of aliphatic hydroxyl groups is 1. The Labute approximate surface area is 109 Å². The highest BCUT2D eigenvalue weighted by Gasteiger charge is 2.27. The minimum absolute atomic E-state index is 0.0713. The summed E-state index contributed by atoms with van der Waals surface area (Å²) in [6, 6.07) is 6.04. The van der Waals surface area contributed by atoms with Gasteiger partial charge in [0.2, 0.25) is 0 Å². The molecule has 2 atom stereocenters. The van der Waals surface area contributed by atoms with Crippen LogP contribution >= 0.6 is 0 Å². The molecular formula is C15H23NO2. The number of para-hydroxylation sites is 1. The number of aryl methyl sites for hydroxylation is 1. The first-order chi connectivity index (χ1) is 8.65. The second-order valence-electron chi connectivity index (χ2n) is 5.38. The molecule has 1 heterocycles. The molecule has 0 aromatic heterocycles. The van der Waals surface area contributed by atoms with E-state index in [9.17, 15) is 5.11 Å². The van der Waals surface area contributed by atoms with E-state index in [0.29, 0.717) is 12.5 Å². The normalized spacial score (nSPS) is 18.1. The average Bonchev–Trinajstić information content (AvgIpc) is 2.38. The number of nitrogens with two attached hydrogens (primary N) is 1. The van der Waals surface area contributed by atoms with Crippen molar-refractivity contribution in [1.29, 1.82) is 0 Å². The molecule has 0 bridgehead atoms. The number of hydrogen-bond acceptors (Lipinski definition) is 3. The minimum atomic E-state index is -0.539. The van der Waals surface area contributed by atoms with Crippen LogP contribution in [0.4, 0.5) is 0 Å². The third-order valence-electron chi connectivity index (χ3n) is 3.82. The summed E-state index contributed by atoms with van der Waals surface area (Å²) in [5.74, 6) is 1.31. The van der Waals surface area contributed by atoms with Crippen LogP contribution in [-0.4, -0.2) is 18.3 Å². The maximum Gasteiger partial charge on any atom is 0.128 e. The number of hydrogen-bond donors (Lipinski definition) is 2. The predicted octanol–water partition coefficient (Wildman–Crippen LogP) is 2.28. The topological polar surface area (TPSA) is 55.5 Å². The van der Waals surface area contributed by atoms with Crippen molar-refractivity contribution in [3.63, 3.8) is 0 Å². The first-order valence-electron chi connectivity index (χ1n) is 6.78. The monoisotopic (exact) mass is 249 g/mol. The van der Waals surface area contributed by atoms with Crippen LogP contribution in [0.2, 0.25) is 0 Å². The molecule has 0 saturated heterocycles. The van der Waals surface area contributed by atoms with Crippen molar-refractivity contribution in [2.24, 2.45) is 17.6 Å². The van der Waals surface area contributed by atoms with E-state index >= 15 is 0 Å². The average molecular weight is 249 g/mol. The largest absolute Gasteiger partial charge is 0.493 e. The Kier molecular flexibility index (Phi) is 4.25. The van der Waals surface area contributed by atoms with E-state index in [2.05, 4.69) is 19.9 Å². The molecule has 0 spiro atoms. The second kappa shape index (κ2) is 5.72. The molecular weight excluding hydrogens is 226 g/mol. The van der Waals surface area contributed by atoms with Gasteiger partial charge in [0.05, 0.1) is 12.7 Å². The van der Waals surface area contributed by atoms with Gasteiger partial charge in [-0.1, -0.05) is 32.0 Å². The van der Waals surface area contributed by atoms with E-state index in [1.165, 1.54) is 5.56 Å². The van der Waals surface area contributed by atoms with Crippen molar-refractivity contribution in [1.82, 2.24) is 0 Å². The molecule has 0 aliphatic carbocycles. The predicted molar refractivity (Wildman–Crippen MR) is 72.6 cm³/mol. The molecule has 100 valence electrons. The van der Waals surface area contributed by atoms with Gasteiger partial charge in [0.1, 0.15) is 5.75 Å². The Bertz CT molecular complexity index is 403. The molecule has 0 radical (unpaired) electrons. The fraction of sp³-hybridized carbons (Fsp3) is 0.600. The molecule has 2 rings (SSSR count). The first-order valence-corrected chi connectivity index (χ1v) is 6.78. The molecule has 3 nitrogen and oxygen atoms in total. The van der Waals surface area contributed by atoms with Gasteiger partial charge < -0.3 is 15.6 Å². The number of fused-ring (bicyclic) bond motifs is 1. The van der Waals surface area contributed by atoms with Crippen LogP contribution in [-0.2, 0) is 6.42 Å². The van der Waals surface area contributed by atoms with Gasteiger partial charge >= 0.3 is 0 Å². The molecule has 0 saturated carbocycles. The molecule has 1 aliphatic rings. The Hall–Kier alpha value is -1.06. The molecule has 1 aromatic carbocycles. The Morgan fingerprint density at radius 2 is 2.17 bits per heavy atom. The van der Waals surface area contributed by atoms with Gasteiger partial charge in [-0.05, 0) is 30.9 Å². The third kappa shape index (κ3) is 2.52. The summed E-state index contributed by atoms with van der Waals surface area (Å²) in [5, 5.41) is 10.5. The first kappa shape index (κ1) is 13.4. The highest BCUT2D eigenvalue weighted by atomic mass is 16.5. The maximum atomic E-state index is 10.5. The summed E-state index contributed by atoms with van der Waals surface area (Å²) in [6.45, 7) is 5.42. The Balaban J connectivity index is 2.32. The smallest absolute Gasteiger partial charge is 0.128 e. The lowest BCUT2D eigenvalue weighted by molar-refractivity contribution is 0.0821. The van der Waals surface area contributed by atoms with Crippen LogP contribution in [0.3, 0.4) is 0 Å². The fourth-order valence-electron chi connectivity index (χ4n) is 2.64. The molecule has 3 N–H and O–H groups in total.